The summed E-state index contributed by atoms with van der Waals surface area (Å²) >= 11 is 2.83. The highest BCUT2D eigenvalue weighted by atomic mass is 32.1. The van der Waals surface area contributed by atoms with Crippen molar-refractivity contribution in [2.45, 2.75) is 6.92 Å². The van der Waals surface area contributed by atoms with Gasteiger partial charge in [-0.05, 0) is 34.0 Å². The average molecular weight is 402 g/mol. The van der Waals surface area contributed by atoms with Crippen LogP contribution in [-0.4, -0.2) is 47.9 Å². The van der Waals surface area contributed by atoms with Crippen LogP contribution in [-0.2, 0) is 4.79 Å². The molecule has 1 aliphatic rings. The van der Waals surface area contributed by atoms with E-state index in [1.165, 1.54) is 11.3 Å². The lowest BCUT2D eigenvalue weighted by Gasteiger charge is -2.35. The molecule has 4 heterocycles. The van der Waals surface area contributed by atoms with E-state index in [1.807, 2.05) is 27.8 Å². The molecule has 1 fully saturated rings. The fraction of sp³-hybridized carbons (Fsp3) is 0.278. The van der Waals surface area contributed by atoms with Gasteiger partial charge in [-0.15, -0.1) is 11.3 Å². The Kier molecular flexibility index (Phi) is 4.48. The summed E-state index contributed by atoms with van der Waals surface area (Å²) in [6, 6.07) is 4.04. The smallest absolute Gasteiger partial charge is 0.260 e. The fourth-order valence-corrected chi connectivity index (χ4v) is 4.97. The minimum absolute atomic E-state index is 0.0918. The second-order valence-electron chi connectivity index (χ2n) is 6.42. The third-order valence-electron chi connectivity index (χ3n) is 4.79. The molecule has 2 amide bonds. The normalized spacial score (nSPS) is 14.7. The lowest BCUT2D eigenvalue weighted by Crippen LogP contribution is -2.48. The van der Waals surface area contributed by atoms with E-state index in [0.717, 1.165) is 22.3 Å². The largest absolute Gasteiger partial charge is 0.397 e. The van der Waals surface area contributed by atoms with E-state index >= 15 is 0 Å². The van der Waals surface area contributed by atoms with Crippen LogP contribution in [0.5, 0.6) is 0 Å². The van der Waals surface area contributed by atoms with Crippen LogP contribution in [0.1, 0.15) is 16.6 Å². The highest BCUT2D eigenvalue weighted by molar-refractivity contribution is 7.21. The van der Waals surface area contributed by atoms with Gasteiger partial charge in [0.05, 0.1) is 5.69 Å². The third kappa shape index (κ3) is 3.13. The van der Waals surface area contributed by atoms with Gasteiger partial charge >= 0.3 is 0 Å². The summed E-state index contributed by atoms with van der Waals surface area (Å²) in [7, 11) is 0. The van der Waals surface area contributed by atoms with Crippen molar-refractivity contribution in [2.75, 3.05) is 36.8 Å². The predicted octanol–water partition coefficient (Wildman–Crippen LogP) is 2.37. The van der Waals surface area contributed by atoms with Crippen LogP contribution in [0.4, 0.5) is 11.5 Å². The molecule has 4 N–H and O–H groups in total. The number of carbonyl (C=O) groups is 2. The molecule has 0 radical (unpaired) electrons. The van der Waals surface area contributed by atoms with Gasteiger partial charge in [0.15, 0.2) is 0 Å². The maximum atomic E-state index is 11.8. The summed E-state index contributed by atoms with van der Waals surface area (Å²) in [5.41, 5.74) is 14.1. The van der Waals surface area contributed by atoms with Gasteiger partial charge in [0.1, 0.15) is 15.5 Å². The monoisotopic (exact) mass is 401 g/mol. The lowest BCUT2D eigenvalue weighted by atomic mass is 10.0. The van der Waals surface area contributed by atoms with E-state index in [-0.39, 0.29) is 5.91 Å². The Balaban J connectivity index is 1.81. The molecule has 140 valence electrons. The van der Waals surface area contributed by atoms with Crippen LogP contribution in [0.2, 0.25) is 0 Å². The average Bonchev–Trinajstić information content (AvgIpc) is 3.29. The van der Waals surface area contributed by atoms with Crippen molar-refractivity contribution in [3.05, 3.63) is 27.8 Å². The Labute approximate surface area is 164 Å². The number of hydrogen-bond donors (Lipinski definition) is 2. The standard InChI is InChI=1S/C18H19N5O2S2/c1-10(24)22-3-5-23(6-4-22)13-8-12(11-2-7-26-9-11)14-15(19)16(17(20)25)27-18(14)21-13/h2,7-9H,3-6,19H2,1H3,(H2,20,25). The van der Waals surface area contributed by atoms with Gasteiger partial charge < -0.3 is 21.3 Å². The molecule has 0 bridgehead atoms. The Hall–Kier alpha value is -2.65. The van der Waals surface area contributed by atoms with E-state index in [4.69, 9.17) is 16.5 Å². The molecular weight excluding hydrogens is 382 g/mol. The van der Waals surface area contributed by atoms with Crippen molar-refractivity contribution in [1.29, 1.82) is 0 Å². The molecule has 27 heavy (non-hydrogen) atoms. The molecule has 3 aromatic heterocycles. The number of pyridine rings is 1. The summed E-state index contributed by atoms with van der Waals surface area (Å²) < 4.78 is 0. The molecule has 0 saturated carbocycles. The maximum absolute atomic E-state index is 11.8. The van der Waals surface area contributed by atoms with Gasteiger partial charge in [-0.25, -0.2) is 4.98 Å². The van der Waals surface area contributed by atoms with Crippen LogP contribution in [0.3, 0.4) is 0 Å². The van der Waals surface area contributed by atoms with E-state index in [9.17, 15) is 9.59 Å². The Morgan fingerprint density at radius 3 is 2.56 bits per heavy atom. The van der Waals surface area contributed by atoms with Gasteiger partial charge in [0.2, 0.25) is 5.91 Å². The molecule has 0 aliphatic carbocycles. The highest BCUT2D eigenvalue weighted by Gasteiger charge is 2.24. The van der Waals surface area contributed by atoms with Crippen molar-refractivity contribution in [3.63, 3.8) is 0 Å². The molecule has 0 aromatic carbocycles. The third-order valence-corrected chi connectivity index (χ3v) is 6.59. The first-order chi connectivity index (χ1) is 13.0. The van der Waals surface area contributed by atoms with Gasteiger partial charge in [0.25, 0.3) is 5.91 Å². The van der Waals surface area contributed by atoms with E-state index in [0.29, 0.717) is 41.6 Å². The number of nitrogens with zero attached hydrogens (tertiary/aromatic N) is 3. The molecular formula is C18H19N5O2S2. The SMILES string of the molecule is CC(=O)N1CCN(c2cc(-c3ccsc3)c3c(N)c(C(N)=O)sc3n2)CC1. The zero-order valence-corrected chi connectivity index (χ0v) is 16.4. The number of aromatic nitrogens is 1. The summed E-state index contributed by atoms with van der Waals surface area (Å²) in [6.45, 7) is 4.35. The molecule has 1 saturated heterocycles. The Morgan fingerprint density at radius 1 is 1.22 bits per heavy atom. The van der Waals surface area contributed by atoms with E-state index in [1.54, 1.807) is 18.3 Å². The van der Waals surface area contributed by atoms with Gasteiger partial charge in [-0.1, -0.05) is 0 Å². The van der Waals surface area contributed by atoms with Crippen LogP contribution in [0.15, 0.2) is 22.9 Å². The van der Waals surface area contributed by atoms with Crippen molar-refractivity contribution in [3.8, 4) is 11.1 Å². The predicted molar refractivity (Wildman–Crippen MR) is 110 cm³/mol. The summed E-state index contributed by atoms with van der Waals surface area (Å²) in [5, 5.41) is 4.83. The Morgan fingerprint density at radius 2 is 1.96 bits per heavy atom. The minimum atomic E-state index is -0.539. The van der Waals surface area contributed by atoms with Crippen LogP contribution in [0.25, 0.3) is 21.3 Å². The summed E-state index contributed by atoms with van der Waals surface area (Å²) in [4.78, 5) is 33.1. The number of amides is 2. The van der Waals surface area contributed by atoms with Crippen molar-refractivity contribution in [2.24, 2.45) is 5.73 Å². The number of fused-ring (bicyclic) bond motifs is 1. The van der Waals surface area contributed by atoms with Gasteiger partial charge in [-0.3, -0.25) is 9.59 Å². The second-order valence-corrected chi connectivity index (χ2v) is 8.20. The van der Waals surface area contributed by atoms with Crippen molar-refractivity contribution >= 4 is 56.2 Å². The second kappa shape index (κ2) is 6.82. The quantitative estimate of drug-likeness (QED) is 0.701. The fourth-order valence-electron chi connectivity index (χ4n) is 3.35. The summed E-state index contributed by atoms with van der Waals surface area (Å²) in [6.07, 6.45) is 0. The number of piperazine rings is 1. The van der Waals surface area contributed by atoms with Crippen molar-refractivity contribution < 1.29 is 9.59 Å². The number of carbonyl (C=O) groups excluding carboxylic acids is 2. The number of nitrogen functional groups attached to an aromatic ring is 1. The number of hydrogen-bond acceptors (Lipinski definition) is 7. The number of thiophene rings is 2. The van der Waals surface area contributed by atoms with Crippen molar-refractivity contribution in [1.82, 2.24) is 9.88 Å². The van der Waals surface area contributed by atoms with Crippen LogP contribution in [0, 0.1) is 0 Å². The first-order valence-corrected chi connectivity index (χ1v) is 10.3. The molecule has 0 unspecified atom stereocenters. The molecule has 7 nitrogen and oxygen atoms in total. The van der Waals surface area contributed by atoms with Crippen LogP contribution >= 0.6 is 22.7 Å². The van der Waals surface area contributed by atoms with E-state index in [2.05, 4.69) is 4.90 Å². The van der Waals surface area contributed by atoms with Crippen LogP contribution < -0.4 is 16.4 Å². The number of nitrogens with two attached hydrogens (primary N) is 2. The van der Waals surface area contributed by atoms with Gasteiger partial charge in [-0.2, -0.15) is 11.3 Å². The number of rotatable bonds is 3. The zero-order chi connectivity index (χ0) is 19.1. The first-order valence-electron chi connectivity index (χ1n) is 8.51. The zero-order valence-electron chi connectivity index (χ0n) is 14.8. The Bertz CT molecular complexity index is 1020. The molecule has 1 aliphatic heterocycles. The molecule has 9 heteroatoms. The number of anilines is 2. The van der Waals surface area contributed by atoms with E-state index < -0.39 is 5.91 Å². The maximum Gasteiger partial charge on any atom is 0.260 e. The van der Waals surface area contributed by atoms with Gasteiger partial charge in [0, 0.05) is 38.5 Å². The number of primary amides is 1. The molecule has 0 spiro atoms. The molecule has 3 aromatic rings. The lowest BCUT2D eigenvalue weighted by molar-refractivity contribution is -0.129. The highest BCUT2D eigenvalue weighted by Crippen LogP contribution is 2.41. The minimum Gasteiger partial charge on any atom is -0.397 e. The first kappa shape index (κ1) is 17.7. The molecule has 4 rings (SSSR count). The summed E-state index contributed by atoms with van der Waals surface area (Å²) in [5.74, 6) is 0.377. The topological polar surface area (TPSA) is 106 Å². The molecule has 0 atom stereocenters.